The van der Waals surface area contributed by atoms with Crippen molar-refractivity contribution in [3.8, 4) is 0 Å². The molecule has 0 saturated heterocycles. The van der Waals surface area contributed by atoms with Crippen molar-refractivity contribution in [2.45, 2.75) is 31.6 Å². The Balaban J connectivity index is 2.08. The lowest BCUT2D eigenvalue weighted by Crippen LogP contribution is -2.41. The van der Waals surface area contributed by atoms with Crippen LogP contribution in [0.25, 0.3) is 11.2 Å². The van der Waals surface area contributed by atoms with Crippen molar-refractivity contribution in [2.75, 3.05) is 0 Å². The Morgan fingerprint density at radius 3 is 2.81 bits per heavy atom. The summed E-state index contributed by atoms with van der Waals surface area (Å²) < 4.78 is 8.74. The first-order chi connectivity index (χ1) is 9.99. The average Bonchev–Trinajstić information content (AvgIpc) is 2.85. The van der Waals surface area contributed by atoms with E-state index < -0.39 is 0 Å². The van der Waals surface area contributed by atoms with Gasteiger partial charge in [0.15, 0.2) is 11.2 Å². The van der Waals surface area contributed by atoms with Crippen LogP contribution in [0.5, 0.6) is 0 Å². The van der Waals surface area contributed by atoms with E-state index in [1.807, 2.05) is 6.92 Å². The van der Waals surface area contributed by atoms with E-state index in [0.29, 0.717) is 17.7 Å². The normalized spacial score (nSPS) is 19.0. The number of hydrogen-bond acceptors (Lipinski definition) is 5. The van der Waals surface area contributed by atoms with Crippen LogP contribution in [0.15, 0.2) is 20.3 Å². The fourth-order valence-electron chi connectivity index (χ4n) is 2.52. The van der Waals surface area contributed by atoms with Gasteiger partial charge in [0.1, 0.15) is 0 Å². The zero-order valence-electron chi connectivity index (χ0n) is 12.2. The molecule has 7 nitrogen and oxygen atoms in total. The van der Waals surface area contributed by atoms with Crippen LogP contribution >= 0.6 is 11.9 Å². The van der Waals surface area contributed by atoms with Crippen LogP contribution in [0.2, 0.25) is 0 Å². The topological polar surface area (TPSA) is 74.2 Å². The fraction of sp³-hybridized carbons (Fsp3) is 0.538. The van der Waals surface area contributed by atoms with Crippen molar-refractivity contribution in [3.63, 3.8) is 0 Å². The number of aromatic nitrogens is 4. The number of fused-ring (bicyclic) bond motifs is 1. The van der Waals surface area contributed by atoms with E-state index in [-0.39, 0.29) is 16.5 Å². The summed E-state index contributed by atoms with van der Waals surface area (Å²) in [6, 6.07) is 0. The lowest BCUT2D eigenvalue weighted by Gasteiger charge is -2.19. The maximum Gasteiger partial charge on any atom is 0.332 e. The first kappa shape index (κ1) is 14.1. The van der Waals surface area contributed by atoms with Crippen LogP contribution < -0.4 is 11.2 Å². The molecule has 21 heavy (non-hydrogen) atoms. The van der Waals surface area contributed by atoms with Crippen LogP contribution in [0.4, 0.5) is 0 Å². The number of imidazole rings is 1. The number of rotatable bonds is 2. The summed E-state index contributed by atoms with van der Waals surface area (Å²) in [6.07, 6.45) is 3.40. The molecule has 0 bridgehead atoms. The van der Waals surface area contributed by atoms with Crippen molar-refractivity contribution >= 4 is 28.8 Å². The number of aryl methyl sites for hydroxylation is 2. The molecule has 2 aromatic rings. The third kappa shape index (κ3) is 2.33. The summed E-state index contributed by atoms with van der Waals surface area (Å²) in [4.78, 5) is 29.1. The summed E-state index contributed by atoms with van der Waals surface area (Å²) >= 11 is 1.46. The van der Waals surface area contributed by atoms with Gasteiger partial charge in [0.25, 0.3) is 5.56 Å². The van der Waals surface area contributed by atoms with Crippen LogP contribution in [-0.2, 0) is 20.6 Å². The smallest absolute Gasteiger partial charge is 0.328 e. The summed E-state index contributed by atoms with van der Waals surface area (Å²) in [5.41, 5.74) is 1.39. The lowest BCUT2D eigenvalue weighted by molar-refractivity contribution is 0.567. The van der Waals surface area contributed by atoms with E-state index in [1.165, 1.54) is 21.1 Å². The Morgan fingerprint density at radius 1 is 1.38 bits per heavy atom. The highest BCUT2D eigenvalue weighted by atomic mass is 32.2. The third-order valence-electron chi connectivity index (χ3n) is 3.77. The molecule has 1 aliphatic heterocycles. The minimum atomic E-state index is -0.321. The van der Waals surface area contributed by atoms with E-state index in [0.717, 1.165) is 18.6 Å². The predicted octanol–water partition coefficient (Wildman–Crippen LogP) is 0.705. The van der Waals surface area contributed by atoms with Crippen molar-refractivity contribution in [1.29, 1.82) is 0 Å². The number of nitrogens with zero attached hydrogens (tertiary/aromatic N) is 5. The van der Waals surface area contributed by atoms with Gasteiger partial charge in [0.05, 0.1) is 6.33 Å². The van der Waals surface area contributed by atoms with Gasteiger partial charge in [0.2, 0.25) is 0 Å². The molecule has 2 aromatic heterocycles. The van der Waals surface area contributed by atoms with E-state index >= 15 is 0 Å². The highest BCUT2D eigenvalue weighted by Gasteiger charge is 2.20. The maximum atomic E-state index is 12.6. The zero-order valence-corrected chi connectivity index (χ0v) is 13.1. The van der Waals surface area contributed by atoms with Crippen LogP contribution in [-0.4, -0.2) is 29.6 Å². The standard InChI is InChI=1S/C13H17N5O2S/c1-8-4-5-9(21-15-8)6-18-12(19)10-11(14-7-16(10)2)17(3)13(18)20/h7,9H,4-6H2,1-3H3. The molecule has 0 saturated carbocycles. The van der Waals surface area contributed by atoms with E-state index in [1.54, 1.807) is 25.0 Å². The van der Waals surface area contributed by atoms with Gasteiger partial charge in [0, 0.05) is 31.6 Å². The predicted molar refractivity (Wildman–Crippen MR) is 83.9 cm³/mol. The highest BCUT2D eigenvalue weighted by molar-refractivity contribution is 7.98. The maximum absolute atomic E-state index is 12.6. The van der Waals surface area contributed by atoms with Gasteiger partial charge in [-0.2, -0.15) is 0 Å². The Labute approximate surface area is 125 Å². The molecule has 1 aliphatic rings. The van der Waals surface area contributed by atoms with Gasteiger partial charge in [-0.3, -0.25) is 13.9 Å². The summed E-state index contributed by atoms with van der Waals surface area (Å²) in [5, 5.41) is 0.157. The van der Waals surface area contributed by atoms with Gasteiger partial charge >= 0.3 is 5.69 Å². The van der Waals surface area contributed by atoms with Crippen LogP contribution in [0, 0.1) is 0 Å². The monoisotopic (exact) mass is 307 g/mol. The fourth-order valence-corrected chi connectivity index (χ4v) is 3.38. The molecule has 3 rings (SSSR count). The molecule has 0 fully saturated rings. The second-order valence-electron chi connectivity index (χ2n) is 5.38. The molecular weight excluding hydrogens is 290 g/mol. The number of hydrogen-bond donors (Lipinski definition) is 0. The second kappa shape index (κ2) is 5.18. The molecule has 0 aliphatic carbocycles. The van der Waals surface area contributed by atoms with Crippen molar-refractivity contribution in [1.82, 2.24) is 18.7 Å². The molecule has 1 atom stereocenters. The van der Waals surface area contributed by atoms with E-state index in [2.05, 4.69) is 9.38 Å². The van der Waals surface area contributed by atoms with Gasteiger partial charge in [-0.15, -0.1) is 0 Å². The summed E-state index contributed by atoms with van der Waals surface area (Å²) in [7, 11) is 3.40. The molecule has 0 amide bonds. The molecule has 112 valence electrons. The van der Waals surface area contributed by atoms with Gasteiger partial charge < -0.3 is 4.57 Å². The second-order valence-corrected chi connectivity index (χ2v) is 6.44. The van der Waals surface area contributed by atoms with Gasteiger partial charge in [-0.25, -0.2) is 14.2 Å². The SMILES string of the molecule is CC1=NSC(Cn2c(=O)c3c(ncn3C)n(C)c2=O)CC1. The summed E-state index contributed by atoms with van der Waals surface area (Å²) in [6.45, 7) is 2.38. The minimum Gasteiger partial charge on any atom is -0.328 e. The molecule has 0 spiro atoms. The molecule has 1 unspecified atom stereocenters. The molecule has 0 aromatic carbocycles. The molecular formula is C13H17N5O2S. The van der Waals surface area contributed by atoms with Crippen molar-refractivity contribution in [2.24, 2.45) is 18.5 Å². The molecule has 0 N–H and O–H groups in total. The largest absolute Gasteiger partial charge is 0.332 e. The Hall–Kier alpha value is -1.83. The van der Waals surface area contributed by atoms with Crippen molar-refractivity contribution < 1.29 is 0 Å². The molecule has 3 heterocycles. The Bertz CT molecular complexity index is 845. The summed E-state index contributed by atoms with van der Waals surface area (Å²) in [5.74, 6) is 0. The minimum absolute atomic E-state index is 0.157. The highest BCUT2D eigenvalue weighted by Crippen LogP contribution is 2.24. The van der Waals surface area contributed by atoms with E-state index in [9.17, 15) is 9.59 Å². The first-order valence-corrected chi connectivity index (χ1v) is 7.63. The third-order valence-corrected chi connectivity index (χ3v) is 4.87. The van der Waals surface area contributed by atoms with Gasteiger partial charge in [-0.1, -0.05) is 0 Å². The Morgan fingerprint density at radius 2 is 2.14 bits per heavy atom. The van der Waals surface area contributed by atoms with Gasteiger partial charge in [-0.05, 0) is 31.7 Å². The average molecular weight is 307 g/mol. The molecule has 8 heteroatoms. The quantitative estimate of drug-likeness (QED) is 0.766. The van der Waals surface area contributed by atoms with Crippen LogP contribution in [0.3, 0.4) is 0 Å². The first-order valence-electron chi connectivity index (χ1n) is 6.79. The lowest BCUT2D eigenvalue weighted by atomic mass is 10.2. The molecule has 0 radical (unpaired) electrons. The van der Waals surface area contributed by atoms with Crippen LogP contribution in [0.1, 0.15) is 19.8 Å². The Kier molecular flexibility index (Phi) is 3.48. The van der Waals surface area contributed by atoms with Crippen molar-refractivity contribution in [3.05, 3.63) is 27.2 Å². The zero-order chi connectivity index (χ0) is 15.1. The van der Waals surface area contributed by atoms with E-state index in [4.69, 9.17) is 0 Å².